The van der Waals surface area contributed by atoms with Crippen LogP contribution in [0.3, 0.4) is 0 Å². The van der Waals surface area contributed by atoms with Crippen LogP contribution in [0.15, 0.2) is 0 Å². The van der Waals surface area contributed by atoms with Crippen molar-refractivity contribution in [3.05, 3.63) is 16.4 Å². The van der Waals surface area contributed by atoms with Gasteiger partial charge in [0.2, 0.25) is 0 Å². The molecule has 0 aliphatic rings. The van der Waals surface area contributed by atoms with Crippen LogP contribution in [-0.4, -0.2) is 21.5 Å². The van der Waals surface area contributed by atoms with E-state index in [0.717, 1.165) is 42.2 Å². The van der Waals surface area contributed by atoms with Crippen molar-refractivity contribution in [2.75, 3.05) is 6.61 Å². The number of aliphatic hydroxyl groups is 1. The summed E-state index contributed by atoms with van der Waals surface area (Å²) in [6.45, 7) is 7.26. The number of aryl methyl sites for hydroxylation is 2. The smallest absolute Gasteiger partial charge is 0.0849 e. The number of nitrogens with zero attached hydrogens (tertiary/aromatic N) is 2. The Labute approximate surface area is 102 Å². The van der Waals surface area contributed by atoms with E-state index in [0.29, 0.717) is 5.92 Å². The second kappa shape index (κ2) is 6.26. The van der Waals surface area contributed by atoms with Crippen LogP contribution in [-0.2, 0) is 19.4 Å². The molecule has 0 amide bonds. The molecule has 0 spiro atoms. The van der Waals surface area contributed by atoms with Gasteiger partial charge in [-0.15, -0.1) is 0 Å². The Bertz CT molecular complexity index is 336. The highest BCUT2D eigenvalue weighted by atomic mass is 35.5. The Morgan fingerprint density at radius 1 is 1.44 bits per heavy atom. The monoisotopic (exact) mass is 244 g/mol. The number of halogens is 1. The van der Waals surface area contributed by atoms with E-state index in [9.17, 15) is 0 Å². The first kappa shape index (κ1) is 13.5. The van der Waals surface area contributed by atoms with Crippen molar-refractivity contribution < 1.29 is 5.11 Å². The first-order valence-corrected chi connectivity index (χ1v) is 6.36. The predicted octanol–water partition coefficient (Wildman–Crippen LogP) is 2.68. The molecule has 0 bridgehead atoms. The highest BCUT2D eigenvalue weighted by Crippen LogP contribution is 2.23. The number of aliphatic hydroxyl groups excluding tert-OH is 1. The normalized spacial score (nSPS) is 13.1. The topological polar surface area (TPSA) is 38.0 Å². The molecule has 92 valence electrons. The fourth-order valence-electron chi connectivity index (χ4n) is 1.73. The lowest BCUT2D eigenvalue weighted by molar-refractivity contribution is 0.230. The fraction of sp³-hybridized carbons (Fsp3) is 0.750. The van der Waals surface area contributed by atoms with Gasteiger partial charge in [0.1, 0.15) is 0 Å². The van der Waals surface area contributed by atoms with Crippen molar-refractivity contribution in [1.82, 2.24) is 9.78 Å². The standard InChI is InChI=1S/C12H21ClN2O/c1-4-10-12(13)11(15(5-2)14-10)7-6-9(3)8-16/h9,16H,4-8H2,1-3H3. The first-order valence-electron chi connectivity index (χ1n) is 5.98. The second-order valence-electron chi connectivity index (χ2n) is 4.20. The van der Waals surface area contributed by atoms with Crippen molar-refractivity contribution in [3.63, 3.8) is 0 Å². The van der Waals surface area contributed by atoms with E-state index in [2.05, 4.69) is 18.9 Å². The average molecular weight is 245 g/mol. The molecule has 1 heterocycles. The van der Waals surface area contributed by atoms with Crippen molar-refractivity contribution in [2.24, 2.45) is 5.92 Å². The molecule has 0 fully saturated rings. The summed E-state index contributed by atoms with van der Waals surface area (Å²) in [6, 6.07) is 0. The Hall–Kier alpha value is -0.540. The molecule has 0 radical (unpaired) electrons. The quantitative estimate of drug-likeness (QED) is 0.836. The van der Waals surface area contributed by atoms with Crippen LogP contribution in [0.1, 0.15) is 38.6 Å². The largest absolute Gasteiger partial charge is 0.396 e. The molecule has 0 aliphatic heterocycles. The molecule has 0 aromatic carbocycles. The third-order valence-electron chi connectivity index (χ3n) is 2.88. The van der Waals surface area contributed by atoms with Gasteiger partial charge in [-0.1, -0.05) is 25.4 Å². The maximum absolute atomic E-state index is 9.00. The number of aromatic nitrogens is 2. The molecule has 1 rings (SSSR count). The van der Waals surface area contributed by atoms with E-state index >= 15 is 0 Å². The van der Waals surface area contributed by atoms with Crippen molar-refractivity contribution in [2.45, 2.75) is 46.6 Å². The van der Waals surface area contributed by atoms with Crippen LogP contribution in [0.5, 0.6) is 0 Å². The van der Waals surface area contributed by atoms with Crippen LogP contribution >= 0.6 is 11.6 Å². The molecule has 4 heteroatoms. The van der Waals surface area contributed by atoms with Crippen LogP contribution in [0, 0.1) is 5.92 Å². The van der Waals surface area contributed by atoms with Crippen LogP contribution in [0.25, 0.3) is 0 Å². The Morgan fingerprint density at radius 3 is 2.62 bits per heavy atom. The number of rotatable bonds is 6. The van der Waals surface area contributed by atoms with E-state index in [-0.39, 0.29) is 6.61 Å². The van der Waals surface area contributed by atoms with E-state index in [4.69, 9.17) is 16.7 Å². The van der Waals surface area contributed by atoms with Crippen molar-refractivity contribution >= 4 is 11.6 Å². The zero-order valence-corrected chi connectivity index (χ0v) is 11.1. The highest BCUT2D eigenvalue weighted by Gasteiger charge is 2.14. The lowest BCUT2D eigenvalue weighted by atomic mass is 10.0. The van der Waals surface area contributed by atoms with Crippen LogP contribution in [0.4, 0.5) is 0 Å². The van der Waals surface area contributed by atoms with Gasteiger partial charge in [0.25, 0.3) is 0 Å². The molecule has 1 N–H and O–H groups in total. The minimum Gasteiger partial charge on any atom is -0.396 e. The van der Waals surface area contributed by atoms with E-state index < -0.39 is 0 Å². The molecule has 1 aromatic rings. The molecule has 0 saturated carbocycles. The molecule has 0 aliphatic carbocycles. The zero-order valence-electron chi connectivity index (χ0n) is 10.3. The molecule has 16 heavy (non-hydrogen) atoms. The average Bonchev–Trinajstić information content (AvgIpc) is 2.62. The van der Waals surface area contributed by atoms with Gasteiger partial charge in [-0.05, 0) is 32.1 Å². The van der Waals surface area contributed by atoms with Crippen LogP contribution in [0.2, 0.25) is 5.02 Å². The molecule has 0 saturated heterocycles. The lowest BCUT2D eigenvalue weighted by Crippen LogP contribution is -2.07. The summed E-state index contributed by atoms with van der Waals surface area (Å²) in [5.41, 5.74) is 2.09. The maximum atomic E-state index is 9.00. The second-order valence-corrected chi connectivity index (χ2v) is 4.58. The third kappa shape index (κ3) is 2.98. The minimum atomic E-state index is 0.235. The van der Waals surface area contributed by atoms with Crippen molar-refractivity contribution in [1.29, 1.82) is 0 Å². The van der Waals surface area contributed by atoms with E-state index in [1.165, 1.54) is 0 Å². The number of hydrogen-bond donors (Lipinski definition) is 1. The SMILES string of the molecule is CCc1nn(CC)c(CCC(C)CO)c1Cl. The minimum absolute atomic E-state index is 0.235. The van der Waals surface area contributed by atoms with Gasteiger partial charge in [0, 0.05) is 13.2 Å². The molecule has 1 aromatic heterocycles. The Kier molecular flexibility index (Phi) is 5.29. The summed E-state index contributed by atoms with van der Waals surface area (Å²) in [6.07, 6.45) is 2.71. The third-order valence-corrected chi connectivity index (χ3v) is 3.32. The molecular weight excluding hydrogens is 224 g/mol. The predicted molar refractivity (Wildman–Crippen MR) is 66.9 cm³/mol. The van der Waals surface area contributed by atoms with Crippen molar-refractivity contribution in [3.8, 4) is 0 Å². The Morgan fingerprint density at radius 2 is 2.12 bits per heavy atom. The molecule has 1 unspecified atom stereocenters. The van der Waals surface area contributed by atoms with E-state index in [1.54, 1.807) is 0 Å². The maximum Gasteiger partial charge on any atom is 0.0849 e. The van der Waals surface area contributed by atoms with Gasteiger partial charge >= 0.3 is 0 Å². The van der Waals surface area contributed by atoms with Gasteiger partial charge in [0.15, 0.2) is 0 Å². The van der Waals surface area contributed by atoms with Gasteiger partial charge in [-0.25, -0.2) is 0 Å². The van der Waals surface area contributed by atoms with Gasteiger partial charge in [-0.3, -0.25) is 4.68 Å². The molecule has 1 atom stereocenters. The number of hydrogen-bond acceptors (Lipinski definition) is 2. The lowest BCUT2D eigenvalue weighted by Gasteiger charge is -2.09. The fourth-order valence-corrected chi connectivity index (χ4v) is 2.09. The zero-order chi connectivity index (χ0) is 12.1. The van der Waals surface area contributed by atoms with Crippen LogP contribution < -0.4 is 0 Å². The summed E-state index contributed by atoms with van der Waals surface area (Å²) in [4.78, 5) is 0. The van der Waals surface area contributed by atoms with Gasteiger partial charge in [0.05, 0.1) is 16.4 Å². The summed E-state index contributed by atoms with van der Waals surface area (Å²) >= 11 is 6.29. The summed E-state index contributed by atoms with van der Waals surface area (Å²) in [5, 5.41) is 14.3. The molecule has 3 nitrogen and oxygen atoms in total. The highest BCUT2D eigenvalue weighted by molar-refractivity contribution is 6.31. The first-order chi connectivity index (χ1) is 7.63. The summed E-state index contributed by atoms with van der Waals surface area (Å²) < 4.78 is 1.98. The molecular formula is C12H21ClN2O. The van der Waals surface area contributed by atoms with Gasteiger partial charge < -0.3 is 5.11 Å². The van der Waals surface area contributed by atoms with Gasteiger partial charge in [-0.2, -0.15) is 5.10 Å². The summed E-state index contributed by atoms with van der Waals surface area (Å²) in [7, 11) is 0. The Balaban J connectivity index is 2.80. The summed E-state index contributed by atoms with van der Waals surface area (Å²) in [5.74, 6) is 0.321. The van der Waals surface area contributed by atoms with E-state index in [1.807, 2.05) is 11.6 Å².